The van der Waals surface area contributed by atoms with Crippen molar-refractivity contribution < 1.29 is 14.3 Å². The largest absolute Gasteiger partial charge is 0.483 e. The highest BCUT2D eigenvalue weighted by Crippen LogP contribution is 2.27. The van der Waals surface area contributed by atoms with Gasteiger partial charge in [-0.2, -0.15) is 0 Å². The standard InChI is InChI=1S/C23H26N4O3S/c1-3-16-6-4-5-7-19(16)30-15-21(28)25-23-24-18-9-8-17(14-20(18)31-23)22(29)27-12-10-26(2)11-13-27/h4-9,14H,3,10-13,15H2,1-2H3,(H,24,25,28). The molecule has 1 aromatic heterocycles. The Balaban J connectivity index is 1.40. The van der Waals surface area contributed by atoms with Gasteiger partial charge in [0.1, 0.15) is 5.75 Å². The summed E-state index contributed by atoms with van der Waals surface area (Å²) in [7, 11) is 2.06. The number of benzene rings is 2. The van der Waals surface area contributed by atoms with Crippen LogP contribution in [0.1, 0.15) is 22.8 Å². The third-order valence-electron chi connectivity index (χ3n) is 5.38. The molecule has 0 aliphatic carbocycles. The van der Waals surface area contributed by atoms with Crippen LogP contribution < -0.4 is 10.1 Å². The Hall–Kier alpha value is -2.97. The molecule has 2 heterocycles. The molecular formula is C23H26N4O3S. The highest BCUT2D eigenvalue weighted by atomic mass is 32.1. The molecule has 0 saturated carbocycles. The average Bonchev–Trinajstić information content (AvgIpc) is 3.19. The Kier molecular flexibility index (Phi) is 6.48. The maximum Gasteiger partial charge on any atom is 0.264 e. The van der Waals surface area contributed by atoms with Crippen molar-refractivity contribution >= 4 is 38.5 Å². The number of para-hydroxylation sites is 1. The van der Waals surface area contributed by atoms with E-state index in [0.29, 0.717) is 10.7 Å². The van der Waals surface area contributed by atoms with Crippen LogP contribution in [0.2, 0.25) is 0 Å². The van der Waals surface area contributed by atoms with E-state index in [1.165, 1.54) is 11.3 Å². The number of carbonyl (C=O) groups is 2. The molecule has 31 heavy (non-hydrogen) atoms. The molecule has 0 atom stereocenters. The van der Waals surface area contributed by atoms with E-state index in [9.17, 15) is 9.59 Å². The number of thiazole rings is 1. The van der Waals surface area contributed by atoms with E-state index in [-0.39, 0.29) is 18.4 Å². The minimum atomic E-state index is -0.265. The summed E-state index contributed by atoms with van der Waals surface area (Å²) in [5.74, 6) is 0.493. The zero-order valence-corrected chi connectivity index (χ0v) is 18.6. The number of aromatic nitrogens is 1. The summed E-state index contributed by atoms with van der Waals surface area (Å²) >= 11 is 1.36. The molecule has 8 heteroatoms. The summed E-state index contributed by atoms with van der Waals surface area (Å²) in [5.41, 5.74) is 2.47. The monoisotopic (exact) mass is 438 g/mol. The first-order chi connectivity index (χ1) is 15.0. The number of fused-ring (bicyclic) bond motifs is 1. The van der Waals surface area contributed by atoms with Crippen LogP contribution in [-0.4, -0.2) is 66.4 Å². The fourth-order valence-corrected chi connectivity index (χ4v) is 4.46. The molecule has 1 N–H and O–H groups in total. The smallest absolute Gasteiger partial charge is 0.264 e. The van der Waals surface area contributed by atoms with E-state index >= 15 is 0 Å². The average molecular weight is 439 g/mol. The SMILES string of the molecule is CCc1ccccc1OCC(=O)Nc1nc2ccc(C(=O)N3CCN(C)CC3)cc2s1. The van der Waals surface area contributed by atoms with Crippen molar-refractivity contribution in [3.63, 3.8) is 0 Å². The van der Waals surface area contributed by atoms with Gasteiger partial charge in [0.2, 0.25) is 0 Å². The first-order valence-corrected chi connectivity index (χ1v) is 11.2. The number of piperazine rings is 1. The van der Waals surface area contributed by atoms with E-state index in [0.717, 1.165) is 54.1 Å². The van der Waals surface area contributed by atoms with Crippen molar-refractivity contribution in [1.82, 2.24) is 14.8 Å². The molecule has 3 aromatic rings. The second-order valence-corrected chi connectivity index (χ2v) is 8.63. The predicted octanol–water partition coefficient (Wildman–Crippen LogP) is 3.26. The van der Waals surface area contributed by atoms with Gasteiger partial charge in [-0.15, -0.1) is 0 Å². The van der Waals surface area contributed by atoms with Gasteiger partial charge < -0.3 is 14.5 Å². The Morgan fingerprint density at radius 2 is 1.90 bits per heavy atom. The van der Waals surface area contributed by atoms with Crippen molar-refractivity contribution in [3.05, 3.63) is 53.6 Å². The van der Waals surface area contributed by atoms with Crippen LogP contribution in [0.5, 0.6) is 5.75 Å². The fraction of sp³-hybridized carbons (Fsp3) is 0.348. The lowest BCUT2D eigenvalue weighted by Gasteiger charge is -2.32. The molecule has 1 aliphatic heterocycles. The molecule has 1 fully saturated rings. The lowest BCUT2D eigenvalue weighted by molar-refractivity contribution is -0.118. The molecule has 0 bridgehead atoms. The minimum absolute atomic E-state index is 0.0389. The van der Waals surface area contributed by atoms with Gasteiger partial charge >= 0.3 is 0 Å². The van der Waals surface area contributed by atoms with Crippen molar-refractivity contribution in [2.45, 2.75) is 13.3 Å². The van der Waals surface area contributed by atoms with E-state index in [2.05, 4.69) is 22.2 Å². The molecule has 0 spiro atoms. The molecule has 162 valence electrons. The zero-order valence-electron chi connectivity index (χ0n) is 17.8. The van der Waals surface area contributed by atoms with Crippen molar-refractivity contribution in [2.75, 3.05) is 45.2 Å². The van der Waals surface area contributed by atoms with Gasteiger partial charge in [0.15, 0.2) is 11.7 Å². The van der Waals surface area contributed by atoms with Crippen LogP contribution in [0.15, 0.2) is 42.5 Å². The van der Waals surface area contributed by atoms with Crippen LogP contribution in [0.3, 0.4) is 0 Å². The van der Waals surface area contributed by atoms with Gasteiger partial charge in [-0.05, 0) is 43.3 Å². The number of aryl methyl sites for hydroxylation is 1. The highest BCUT2D eigenvalue weighted by Gasteiger charge is 2.21. The molecule has 0 unspecified atom stereocenters. The number of anilines is 1. The van der Waals surface area contributed by atoms with Crippen molar-refractivity contribution in [2.24, 2.45) is 0 Å². The van der Waals surface area contributed by atoms with Gasteiger partial charge in [0.05, 0.1) is 10.2 Å². The summed E-state index contributed by atoms with van der Waals surface area (Å²) in [6.45, 7) is 5.20. The van der Waals surface area contributed by atoms with Crippen LogP contribution in [0.4, 0.5) is 5.13 Å². The normalized spacial score (nSPS) is 14.6. The summed E-state index contributed by atoms with van der Waals surface area (Å²) in [6, 6.07) is 13.2. The van der Waals surface area contributed by atoms with E-state index in [1.807, 2.05) is 48.2 Å². The van der Waals surface area contributed by atoms with E-state index in [4.69, 9.17) is 4.74 Å². The van der Waals surface area contributed by atoms with Crippen molar-refractivity contribution in [3.8, 4) is 5.75 Å². The number of rotatable bonds is 6. The molecule has 4 rings (SSSR count). The van der Waals surface area contributed by atoms with Gasteiger partial charge in [-0.1, -0.05) is 36.5 Å². The number of amides is 2. The second kappa shape index (κ2) is 9.45. The highest BCUT2D eigenvalue weighted by molar-refractivity contribution is 7.22. The van der Waals surface area contributed by atoms with E-state index < -0.39 is 0 Å². The van der Waals surface area contributed by atoms with Crippen LogP contribution in [0, 0.1) is 0 Å². The van der Waals surface area contributed by atoms with Crippen LogP contribution >= 0.6 is 11.3 Å². The molecule has 1 saturated heterocycles. The predicted molar refractivity (Wildman–Crippen MR) is 123 cm³/mol. The summed E-state index contributed by atoms with van der Waals surface area (Å²) in [6.07, 6.45) is 0.838. The molecular weight excluding hydrogens is 412 g/mol. The topological polar surface area (TPSA) is 74.8 Å². The number of likely N-dealkylation sites (N-methyl/N-ethyl adjacent to an activating group) is 1. The second-order valence-electron chi connectivity index (χ2n) is 7.60. The number of nitrogens with zero attached hydrogens (tertiary/aromatic N) is 3. The first-order valence-electron chi connectivity index (χ1n) is 10.4. The van der Waals surface area contributed by atoms with Gasteiger partial charge in [-0.3, -0.25) is 14.9 Å². The van der Waals surface area contributed by atoms with Crippen LogP contribution in [-0.2, 0) is 11.2 Å². The Bertz CT molecular complexity index is 1090. The summed E-state index contributed by atoms with van der Waals surface area (Å²) in [5, 5.41) is 3.30. The third-order valence-corrected chi connectivity index (χ3v) is 6.32. The molecule has 2 amide bonds. The molecule has 2 aromatic carbocycles. The number of carbonyl (C=O) groups excluding carboxylic acids is 2. The lowest BCUT2D eigenvalue weighted by Crippen LogP contribution is -2.47. The summed E-state index contributed by atoms with van der Waals surface area (Å²) < 4.78 is 6.54. The van der Waals surface area contributed by atoms with E-state index in [1.54, 1.807) is 6.07 Å². The minimum Gasteiger partial charge on any atom is -0.483 e. The van der Waals surface area contributed by atoms with Crippen LogP contribution in [0.25, 0.3) is 10.2 Å². The molecule has 7 nitrogen and oxygen atoms in total. The van der Waals surface area contributed by atoms with Gasteiger partial charge in [0, 0.05) is 31.7 Å². The maximum atomic E-state index is 12.8. The van der Waals surface area contributed by atoms with Gasteiger partial charge in [-0.25, -0.2) is 4.98 Å². The number of hydrogen-bond donors (Lipinski definition) is 1. The summed E-state index contributed by atoms with van der Waals surface area (Å²) in [4.78, 5) is 33.7. The third kappa shape index (κ3) is 5.03. The van der Waals surface area contributed by atoms with Gasteiger partial charge in [0.25, 0.3) is 11.8 Å². The van der Waals surface area contributed by atoms with Crippen molar-refractivity contribution in [1.29, 1.82) is 0 Å². The number of hydrogen-bond acceptors (Lipinski definition) is 6. The molecule has 1 aliphatic rings. The zero-order chi connectivity index (χ0) is 21.8. The Labute approximate surface area is 185 Å². The Morgan fingerprint density at radius 3 is 2.68 bits per heavy atom. The molecule has 0 radical (unpaired) electrons. The lowest BCUT2D eigenvalue weighted by atomic mass is 10.1. The first kappa shape index (κ1) is 21.3. The fourth-order valence-electron chi connectivity index (χ4n) is 3.54. The quantitative estimate of drug-likeness (QED) is 0.639. The Morgan fingerprint density at radius 1 is 1.13 bits per heavy atom. The number of nitrogens with one attached hydrogen (secondary N) is 1. The number of ether oxygens (including phenoxy) is 1. The maximum absolute atomic E-state index is 12.8.